The maximum Gasteiger partial charge on any atom is 0.260 e. The Hall–Kier alpha value is -3.87. The molecule has 40 heavy (non-hydrogen) atoms. The Bertz CT molecular complexity index is 1560. The minimum Gasteiger partial charge on any atom is -0.378 e. The zero-order valence-electron chi connectivity index (χ0n) is 22.8. The topological polar surface area (TPSA) is 117 Å². The van der Waals surface area contributed by atoms with Gasteiger partial charge < -0.3 is 20.3 Å². The molecule has 2 aliphatic rings. The highest BCUT2D eigenvalue weighted by molar-refractivity contribution is 7.21. The van der Waals surface area contributed by atoms with Crippen LogP contribution < -0.4 is 15.5 Å². The van der Waals surface area contributed by atoms with Crippen LogP contribution in [0.5, 0.6) is 0 Å². The van der Waals surface area contributed by atoms with Gasteiger partial charge in [0.25, 0.3) is 5.91 Å². The third-order valence-electron chi connectivity index (χ3n) is 7.09. The maximum absolute atomic E-state index is 13.3. The first-order chi connectivity index (χ1) is 19.2. The number of aryl methyl sites for hydroxylation is 1. The van der Waals surface area contributed by atoms with Crippen molar-refractivity contribution in [2.75, 3.05) is 61.5 Å². The fourth-order valence-electron chi connectivity index (χ4n) is 5.21. The summed E-state index contributed by atoms with van der Waals surface area (Å²) in [5, 5.41) is 10.3. The molecule has 2 amide bonds. The second kappa shape index (κ2) is 10.6. The largest absolute Gasteiger partial charge is 0.378 e. The number of nitrogens with zero attached hydrogens (tertiary/aromatic N) is 6. The van der Waals surface area contributed by atoms with E-state index in [4.69, 9.17) is 4.74 Å². The molecule has 6 heterocycles. The number of fused-ring (bicyclic) bond motifs is 1. The van der Waals surface area contributed by atoms with Crippen molar-refractivity contribution >= 4 is 45.2 Å². The van der Waals surface area contributed by atoms with Gasteiger partial charge in [0.2, 0.25) is 5.91 Å². The summed E-state index contributed by atoms with van der Waals surface area (Å²) >= 11 is 1.50. The monoisotopic (exact) mass is 560 g/mol. The number of carbonyl (C=O) groups is 2. The molecule has 4 aromatic rings. The highest BCUT2D eigenvalue weighted by atomic mass is 32.1. The summed E-state index contributed by atoms with van der Waals surface area (Å²) in [5.74, 6) is 0.521. The molecule has 0 saturated carbocycles. The van der Waals surface area contributed by atoms with Crippen molar-refractivity contribution in [1.82, 2.24) is 24.5 Å². The standard InChI is InChI=1S/C28H32N8O3S/c1-18-22(11-20(12-30-18)32-25(37)15-34-16-28(2,3)17-34)33-26(38)21-13-31-36-14-23(40-27(21)36)19-4-5-29-24(10-19)35-6-8-39-9-7-35/h4-5,10-14H,6-9,15-17H2,1-3H3,(H,32,37)(H,33,38). The molecule has 4 aromatic heterocycles. The lowest BCUT2D eigenvalue weighted by molar-refractivity contribution is -0.120. The van der Waals surface area contributed by atoms with Gasteiger partial charge in [0.1, 0.15) is 10.6 Å². The highest BCUT2D eigenvalue weighted by Crippen LogP contribution is 2.32. The van der Waals surface area contributed by atoms with Gasteiger partial charge in [-0.1, -0.05) is 13.8 Å². The number of ether oxygens (including phenoxy) is 1. The first-order valence-corrected chi connectivity index (χ1v) is 14.1. The Kier molecular flexibility index (Phi) is 6.99. The number of aromatic nitrogens is 4. The van der Waals surface area contributed by atoms with Crippen molar-refractivity contribution in [3.8, 4) is 10.4 Å². The molecule has 208 valence electrons. The van der Waals surface area contributed by atoms with E-state index in [0.717, 1.165) is 47.3 Å². The summed E-state index contributed by atoms with van der Waals surface area (Å²) in [6.07, 6.45) is 6.91. The van der Waals surface area contributed by atoms with Gasteiger partial charge >= 0.3 is 0 Å². The second-order valence-electron chi connectivity index (χ2n) is 11.1. The fourth-order valence-corrected chi connectivity index (χ4v) is 6.26. The predicted molar refractivity (Wildman–Crippen MR) is 155 cm³/mol. The van der Waals surface area contributed by atoms with E-state index in [9.17, 15) is 9.59 Å². The van der Waals surface area contributed by atoms with Crippen LogP contribution in [0.3, 0.4) is 0 Å². The first-order valence-electron chi connectivity index (χ1n) is 13.3. The van der Waals surface area contributed by atoms with Crippen molar-refractivity contribution in [1.29, 1.82) is 0 Å². The van der Waals surface area contributed by atoms with Gasteiger partial charge in [-0.3, -0.25) is 19.5 Å². The summed E-state index contributed by atoms with van der Waals surface area (Å²) in [7, 11) is 0. The van der Waals surface area contributed by atoms with Gasteiger partial charge in [0.05, 0.1) is 59.7 Å². The zero-order chi connectivity index (χ0) is 27.9. The predicted octanol–water partition coefficient (Wildman–Crippen LogP) is 3.53. The van der Waals surface area contributed by atoms with Gasteiger partial charge in [0, 0.05) is 38.6 Å². The number of amides is 2. The number of morpholine rings is 1. The van der Waals surface area contributed by atoms with Crippen molar-refractivity contribution in [2.24, 2.45) is 5.41 Å². The number of hydrogen-bond acceptors (Lipinski definition) is 9. The molecule has 6 rings (SSSR count). The van der Waals surface area contributed by atoms with Crippen LogP contribution in [0.1, 0.15) is 29.9 Å². The summed E-state index contributed by atoms with van der Waals surface area (Å²) in [5.41, 5.74) is 3.47. The Morgan fingerprint density at radius 1 is 1.10 bits per heavy atom. The fraction of sp³-hybridized carbons (Fsp3) is 0.393. The summed E-state index contributed by atoms with van der Waals surface area (Å²) in [6.45, 7) is 11.3. The third kappa shape index (κ3) is 5.55. The zero-order valence-corrected chi connectivity index (χ0v) is 23.6. The van der Waals surface area contributed by atoms with Crippen LogP contribution in [-0.4, -0.2) is 82.2 Å². The van der Waals surface area contributed by atoms with Crippen molar-refractivity contribution < 1.29 is 14.3 Å². The van der Waals surface area contributed by atoms with Gasteiger partial charge in [-0.05, 0) is 36.1 Å². The Morgan fingerprint density at radius 3 is 2.67 bits per heavy atom. The van der Waals surface area contributed by atoms with Crippen LogP contribution in [0, 0.1) is 12.3 Å². The van der Waals surface area contributed by atoms with E-state index < -0.39 is 0 Å². The molecular weight excluding hydrogens is 528 g/mol. The molecule has 2 aliphatic heterocycles. The number of hydrogen-bond donors (Lipinski definition) is 2. The number of pyridine rings is 2. The Morgan fingerprint density at radius 2 is 1.90 bits per heavy atom. The van der Waals surface area contributed by atoms with Gasteiger partial charge in [-0.2, -0.15) is 5.10 Å². The highest BCUT2D eigenvalue weighted by Gasteiger charge is 2.34. The molecule has 11 nitrogen and oxygen atoms in total. The van der Waals surface area contributed by atoms with E-state index in [-0.39, 0.29) is 17.2 Å². The lowest BCUT2D eigenvalue weighted by Gasteiger charge is -2.45. The Balaban J connectivity index is 1.16. The Labute approximate surface area is 236 Å². The van der Waals surface area contributed by atoms with Crippen LogP contribution in [-0.2, 0) is 9.53 Å². The molecule has 0 radical (unpaired) electrons. The number of anilines is 3. The molecule has 0 spiro atoms. The van der Waals surface area contributed by atoms with E-state index in [1.54, 1.807) is 23.0 Å². The molecule has 0 atom stereocenters. The number of rotatable bonds is 7. The molecule has 2 N–H and O–H groups in total. The molecule has 0 bridgehead atoms. The quantitative estimate of drug-likeness (QED) is 0.353. The smallest absolute Gasteiger partial charge is 0.260 e. The summed E-state index contributed by atoms with van der Waals surface area (Å²) < 4.78 is 7.18. The summed E-state index contributed by atoms with van der Waals surface area (Å²) in [6, 6.07) is 5.77. The van der Waals surface area contributed by atoms with Crippen LogP contribution >= 0.6 is 11.3 Å². The number of thiazole rings is 1. The number of likely N-dealkylation sites (tertiary alicyclic amines) is 1. The van der Waals surface area contributed by atoms with Crippen LogP contribution in [0.2, 0.25) is 0 Å². The average Bonchev–Trinajstić information content (AvgIpc) is 3.51. The van der Waals surface area contributed by atoms with Crippen molar-refractivity contribution in [2.45, 2.75) is 20.8 Å². The number of carbonyl (C=O) groups excluding carboxylic acids is 2. The van der Waals surface area contributed by atoms with Crippen LogP contribution in [0.15, 0.2) is 43.0 Å². The van der Waals surface area contributed by atoms with Gasteiger partial charge in [-0.15, -0.1) is 11.3 Å². The van der Waals surface area contributed by atoms with Crippen molar-refractivity contribution in [3.63, 3.8) is 0 Å². The lowest BCUT2D eigenvalue weighted by Crippen LogP contribution is -2.54. The molecule has 0 aliphatic carbocycles. The molecule has 0 aromatic carbocycles. The van der Waals surface area contributed by atoms with E-state index in [2.05, 4.69) is 55.4 Å². The van der Waals surface area contributed by atoms with E-state index >= 15 is 0 Å². The lowest BCUT2D eigenvalue weighted by atomic mass is 9.84. The van der Waals surface area contributed by atoms with Crippen LogP contribution in [0.4, 0.5) is 17.2 Å². The first kappa shape index (κ1) is 26.4. The van der Waals surface area contributed by atoms with Crippen molar-refractivity contribution in [3.05, 3.63) is 54.2 Å². The van der Waals surface area contributed by atoms with Gasteiger partial charge in [-0.25, -0.2) is 9.50 Å². The SMILES string of the molecule is Cc1ncc(NC(=O)CN2CC(C)(C)C2)cc1NC(=O)c1cnn2cc(-c3ccnc(N4CCOCC4)c3)sc12. The average molecular weight is 561 g/mol. The molecular formula is C28H32N8O3S. The van der Waals surface area contributed by atoms with E-state index in [1.807, 2.05) is 25.4 Å². The molecule has 2 fully saturated rings. The van der Waals surface area contributed by atoms with Crippen LogP contribution in [0.25, 0.3) is 15.3 Å². The second-order valence-corrected chi connectivity index (χ2v) is 12.1. The maximum atomic E-state index is 13.3. The van der Waals surface area contributed by atoms with Gasteiger partial charge in [0.15, 0.2) is 0 Å². The summed E-state index contributed by atoms with van der Waals surface area (Å²) in [4.78, 5) is 40.8. The van der Waals surface area contributed by atoms with E-state index in [0.29, 0.717) is 42.4 Å². The third-order valence-corrected chi connectivity index (χ3v) is 8.26. The molecule has 12 heteroatoms. The molecule has 0 unspecified atom stereocenters. The normalized spacial score (nSPS) is 17.0. The van der Waals surface area contributed by atoms with E-state index in [1.165, 1.54) is 11.3 Å². The molecule has 2 saturated heterocycles. The minimum absolute atomic E-state index is 0.101. The minimum atomic E-state index is -0.289. The number of nitrogens with one attached hydrogen (secondary N) is 2.